The molecule has 1 aliphatic carbocycles. The number of benzene rings is 1. The molecular formula is C20H28NO3+. The van der Waals surface area contributed by atoms with E-state index < -0.39 is 5.91 Å². The van der Waals surface area contributed by atoms with Gasteiger partial charge in [0.25, 0.3) is 0 Å². The van der Waals surface area contributed by atoms with Crippen molar-refractivity contribution in [1.29, 1.82) is 0 Å². The van der Waals surface area contributed by atoms with Gasteiger partial charge in [0.05, 0.1) is 46.3 Å². The van der Waals surface area contributed by atoms with Gasteiger partial charge in [0, 0.05) is 6.42 Å². The van der Waals surface area contributed by atoms with E-state index in [9.17, 15) is 0 Å². The molecule has 0 saturated carbocycles. The number of likely N-dealkylation sites (tertiary alicyclic amines) is 1. The fourth-order valence-corrected chi connectivity index (χ4v) is 4.89. The molecule has 2 aliphatic heterocycles. The van der Waals surface area contributed by atoms with Gasteiger partial charge in [-0.15, -0.1) is 0 Å². The Morgan fingerprint density at radius 1 is 1.29 bits per heavy atom. The van der Waals surface area contributed by atoms with E-state index in [1.54, 1.807) is 7.11 Å². The van der Waals surface area contributed by atoms with Gasteiger partial charge in [0.2, 0.25) is 0 Å². The Labute approximate surface area is 144 Å². The highest BCUT2D eigenvalue weighted by molar-refractivity contribution is 5.45. The van der Waals surface area contributed by atoms with Gasteiger partial charge in [-0.05, 0) is 42.2 Å². The summed E-state index contributed by atoms with van der Waals surface area (Å²) in [4.78, 5) is 0. The maximum atomic E-state index is 6.23. The normalized spacial score (nSPS) is 30.6. The SMILES string of the molecule is CCCC1([N+]2(C)CCC3C2=CCc2ccc(OC)cc23)OCCO1. The van der Waals surface area contributed by atoms with Crippen LogP contribution in [0.4, 0.5) is 0 Å². The zero-order chi connectivity index (χ0) is 16.8. The number of likely N-dealkylation sites (N-methyl/N-ethyl adjacent to an activating group) is 1. The van der Waals surface area contributed by atoms with Crippen LogP contribution in [-0.2, 0) is 15.9 Å². The first-order valence-electron chi connectivity index (χ1n) is 9.14. The first kappa shape index (κ1) is 16.1. The van der Waals surface area contributed by atoms with Crippen LogP contribution >= 0.6 is 0 Å². The molecule has 3 aliphatic rings. The molecule has 0 aromatic heterocycles. The Hall–Kier alpha value is -1.36. The van der Waals surface area contributed by atoms with Crippen LogP contribution in [0.25, 0.3) is 0 Å². The Morgan fingerprint density at radius 2 is 2.08 bits per heavy atom. The van der Waals surface area contributed by atoms with Crippen molar-refractivity contribution in [3.8, 4) is 5.75 Å². The zero-order valence-electron chi connectivity index (χ0n) is 15.0. The van der Waals surface area contributed by atoms with Crippen molar-refractivity contribution in [2.45, 2.75) is 44.4 Å². The van der Waals surface area contributed by atoms with Crippen molar-refractivity contribution >= 4 is 0 Å². The third-order valence-corrected chi connectivity index (χ3v) is 6.11. The predicted octanol–water partition coefficient (Wildman–Crippen LogP) is 3.57. The molecule has 0 amide bonds. The molecule has 0 N–H and O–H groups in total. The lowest BCUT2D eigenvalue weighted by Gasteiger charge is -2.45. The van der Waals surface area contributed by atoms with Crippen molar-refractivity contribution in [3.05, 3.63) is 41.1 Å². The van der Waals surface area contributed by atoms with Crippen LogP contribution in [-0.4, -0.2) is 44.3 Å². The average Bonchev–Trinajstić information content (AvgIpc) is 3.22. The summed E-state index contributed by atoms with van der Waals surface area (Å²) in [7, 11) is 4.05. The maximum Gasteiger partial charge on any atom is 0.323 e. The Balaban J connectivity index is 1.73. The summed E-state index contributed by atoms with van der Waals surface area (Å²) in [6.45, 7) is 4.68. The van der Waals surface area contributed by atoms with Gasteiger partial charge in [-0.25, -0.2) is 4.48 Å². The molecule has 0 bridgehead atoms. The largest absolute Gasteiger partial charge is 0.497 e. The van der Waals surface area contributed by atoms with Gasteiger partial charge in [-0.1, -0.05) is 13.0 Å². The molecule has 4 heteroatoms. The standard InChI is InChI=1S/C20H28NO3/c1-4-10-20(23-12-13-24-20)21(2)11-9-17-18-14-16(22-3)7-5-15(18)6-8-19(17)21/h5,7-8,14,17H,4,6,9-13H2,1-3H3/q+1. The number of hydrogen-bond acceptors (Lipinski definition) is 3. The number of nitrogens with zero attached hydrogens (tertiary/aromatic N) is 1. The summed E-state index contributed by atoms with van der Waals surface area (Å²) in [6.07, 6.45) is 6.56. The van der Waals surface area contributed by atoms with Crippen molar-refractivity contribution in [1.82, 2.24) is 0 Å². The first-order chi connectivity index (χ1) is 11.6. The predicted molar refractivity (Wildman–Crippen MR) is 92.7 cm³/mol. The van der Waals surface area contributed by atoms with Crippen molar-refractivity contribution in [2.75, 3.05) is 33.9 Å². The van der Waals surface area contributed by atoms with Gasteiger partial charge in [0.1, 0.15) is 11.4 Å². The summed E-state index contributed by atoms with van der Waals surface area (Å²) in [5.74, 6) is 0.911. The highest BCUT2D eigenvalue weighted by Crippen LogP contribution is 2.52. The Bertz CT molecular complexity index is 663. The monoisotopic (exact) mass is 330 g/mol. The lowest BCUT2D eigenvalue weighted by Crippen LogP contribution is -2.60. The minimum atomic E-state index is -0.494. The fourth-order valence-electron chi connectivity index (χ4n) is 4.89. The highest BCUT2D eigenvalue weighted by atomic mass is 16.8. The van der Waals surface area contributed by atoms with Crippen LogP contribution in [0.3, 0.4) is 0 Å². The molecule has 2 fully saturated rings. The van der Waals surface area contributed by atoms with E-state index in [2.05, 4.69) is 38.2 Å². The molecule has 1 aromatic rings. The third-order valence-electron chi connectivity index (χ3n) is 6.11. The summed E-state index contributed by atoms with van der Waals surface area (Å²) >= 11 is 0. The summed E-state index contributed by atoms with van der Waals surface area (Å²) in [5.41, 5.74) is 4.32. The molecule has 24 heavy (non-hydrogen) atoms. The molecule has 2 unspecified atom stereocenters. The Morgan fingerprint density at radius 3 is 2.79 bits per heavy atom. The molecule has 4 nitrogen and oxygen atoms in total. The van der Waals surface area contributed by atoms with E-state index >= 15 is 0 Å². The van der Waals surface area contributed by atoms with E-state index in [0.717, 1.165) is 42.5 Å². The maximum absolute atomic E-state index is 6.23. The smallest absolute Gasteiger partial charge is 0.323 e. The number of ether oxygens (including phenoxy) is 3. The number of methoxy groups -OCH3 is 1. The van der Waals surface area contributed by atoms with E-state index in [1.165, 1.54) is 16.8 Å². The lowest BCUT2D eigenvalue weighted by atomic mass is 9.85. The molecule has 2 saturated heterocycles. The van der Waals surface area contributed by atoms with Crippen LogP contribution in [0.1, 0.15) is 43.2 Å². The van der Waals surface area contributed by atoms with E-state index in [-0.39, 0.29) is 0 Å². The molecule has 0 radical (unpaired) electrons. The number of allylic oxidation sites excluding steroid dienone is 2. The topological polar surface area (TPSA) is 27.7 Å². The average molecular weight is 330 g/mol. The van der Waals surface area contributed by atoms with Crippen LogP contribution in [0.15, 0.2) is 30.0 Å². The number of rotatable bonds is 4. The van der Waals surface area contributed by atoms with Gasteiger partial charge in [-0.3, -0.25) is 0 Å². The van der Waals surface area contributed by atoms with Gasteiger partial charge < -0.3 is 14.2 Å². The van der Waals surface area contributed by atoms with Crippen molar-refractivity contribution in [3.63, 3.8) is 0 Å². The quantitative estimate of drug-likeness (QED) is 0.790. The summed E-state index contributed by atoms with van der Waals surface area (Å²) in [5, 5.41) is 0. The summed E-state index contributed by atoms with van der Waals surface area (Å²) in [6, 6.07) is 6.52. The Kier molecular flexibility index (Phi) is 3.94. The van der Waals surface area contributed by atoms with Gasteiger partial charge in [-0.2, -0.15) is 0 Å². The van der Waals surface area contributed by atoms with E-state index in [1.807, 2.05) is 0 Å². The molecule has 130 valence electrons. The fraction of sp³-hybridized carbons (Fsp3) is 0.600. The second-order valence-corrected chi connectivity index (χ2v) is 7.31. The second-order valence-electron chi connectivity index (χ2n) is 7.31. The first-order valence-corrected chi connectivity index (χ1v) is 9.14. The molecule has 1 aromatic carbocycles. The molecule has 4 rings (SSSR count). The molecule has 2 atom stereocenters. The third kappa shape index (κ3) is 2.17. The lowest BCUT2D eigenvalue weighted by molar-refractivity contribution is -0.970. The van der Waals surface area contributed by atoms with Crippen molar-refractivity contribution in [2.24, 2.45) is 0 Å². The van der Waals surface area contributed by atoms with Crippen LogP contribution in [0, 0.1) is 0 Å². The van der Waals surface area contributed by atoms with Gasteiger partial charge >= 0.3 is 5.91 Å². The second kappa shape index (κ2) is 5.87. The van der Waals surface area contributed by atoms with Crippen LogP contribution in [0.2, 0.25) is 0 Å². The van der Waals surface area contributed by atoms with Crippen molar-refractivity contribution < 1.29 is 18.7 Å². The number of quaternary nitrogens is 1. The van der Waals surface area contributed by atoms with Crippen LogP contribution < -0.4 is 4.74 Å². The molecular weight excluding hydrogens is 302 g/mol. The van der Waals surface area contributed by atoms with Gasteiger partial charge in [0.15, 0.2) is 0 Å². The minimum absolute atomic E-state index is 0.454. The highest BCUT2D eigenvalue weighted by Gasteiger charge is 2.60. The minimum Gasteiger partial charge on any atom is -0.497 e. The number of fused-ring (bicyclic) bond motifs is 3. The van der Waals surface area contributed by atoms with E-state index in [0.29, 0.717) is 19.1 Å². The number of hydrogen-bond donors (Lipinski definition) is 0. The molecule has 0 spiro atoms. The molecule has 2 heterocycles. The summed E-state index contributed by atoms with van der Waals surface area (Å²) < 4.78 is 18.7. The van der Waals surface area contributed by atoms with Crippen LogP contribution in [0.5, 0.6) is 5.75 Å². The van der Waals surface area contributed by atoms with E-state index in [4.69, 9.17) is 14.2 Å². The zero-order valence-corrected chi connectivity index (χ0v) is 15.0.